The molecule has 26 heavy (non-hydrogen) atoms. The number of hydrogen-bond donors (Lipinski definition) is 2. The minimum atomic E-state index is -0.000807. The summed E-state index contributed by atoms with van der Waals surface area (Å²) in [5, 5.41) is 18.2. The molecule has 5 atom stereocenters. The Kier molecular flexibility index (Phi) is 5.15. The first-order valence-electron chi connectivity index (χ1n) is 9.56. The van der Waals surface area contributed by atoms with Crippen LogP contribution in [0.2, 0.25) is 0 Å². The second kappa shape index (κ2) is 7.54. The molecular weight excluding hydrogens is 352 g/mol. The molecular formula is C17H26N6O2S. The van der Waals surface area contributed by atoms with E-state index in [0.717, 1.165) is 25.7 Å². The highest BCUT2D eigenvalue weighted by Crippen LogP contribution is 2.44. The number of nitrogens with zero attached hydrogens (tertiary/aromatic N) is 4. The van der Waals surface area contributed by atoms with E-state index in [1.807, 2.05) is 0 Å². The Labute approximate surface area is 157 Å². The summed E-state index contributed by atoms with van der Waals surface area (Å²) < 4.78 is 1.56. The summed E-state index contributed by atoms with van der Waals surface area (Å²) in [6.07, 6.45) is 7.63. The van der Waals surface area contributed by atoms with Crippen molar-refractivity contribution in [3.8, 4) is 0 Å². The number of fused-ring (bicyclic) bond motifs is 3. The van der Waals surface area contributed by atoms with Crippen LogP contribution in [0.3, 0.4) is 0 Å². The number of carbonyl (C=O) groups excluding carboxylic acids is 2. The summed E-state index contributed by atoms with van der Waals surface area (Å²) in [5.74, 6) is 1.92. The summed E-state index contributed by atoms with van der Waals surface area (Å²) in [6.45, 7) is 0. The van der Waals surface area contributed by atoms with E-state index < -0.39 is 0 Å². The highest BCUT2D eigenvalue weighted by molar-refractivity contribution is 7.99. The van der Waals surface area contributed by atoms with E-state index >= 15 is 0 Å². The first-order valence-corrected chi connectivity index (χ1v) is 10.6. The molecule has 0 bridgehead atoms. The Morgan fingerprint density at radius 1 is 1.27 bits per heavy atom. The lowest BCUT2D eigenvalue weighted by atomic mass is 9.63. The molecule has 2 saturated carbocycles. The molecule has 5 unspecified atom stereocenters. The monoisotopic (exact) mass is 378 g/mol. The van der Waals surface area contributed by atoms with Gasteiger partial charge in [0.2, 0.25) is 17.0 Å². The van der Waals surface area contributed by atoms with Gasteiger partial charge in [0.25, 0.3) is 0 Å². The number of carbonyl (C=O) groups is 2. The number of thioether (sulfide) groups is 1. The maximum Gasteiger partial charge on any atom is 0.230 e. The molecule has 0 spiro atoms. The standard InChI is InChI=1S/C17H26N6O2S/c1-23-17(20-21-22-23)26-9-15(24)18-10-6-7-12-11-4-2-3-5-13(11)16(25)19-14(12)8-10/h10-14H,2-9H2,1H3,(H,18,24)(H,19,25). The van der Waals surface area contributed by atoms with Crippen molar-refractivity contribution in [1.29, 1.82) is 0 Å². The molecule has 0 aromatic carbocycles. The zero-order valence-electron chi connectivity index (χ0n) is 15.1. The van der Waals surface area contributed by atoms with Gasteiger partial charge >= 0.3 is 0 Å². The van der Waals surface area contributed by atoms with Gasteiger partial charge in [0.05, 0.1) is 5.75 Å². The first-order chi connectivity index (χ1) is 12.6. The molecule has 3 fully saturated rings. The third-order valence-corrected chi connectivity index (χ3v) is 7.23. The zero-order valence-corrected chi connectivity index (χ0v) is 15.9. The van der Waals surface area contributed by atoms with Crippen LogP contribution in [0.1, 0.15) is 44.9 Å². The lowest BCUT2D eigenvalue weighted by molar-refractivity contribution is -0.135. The summed E-state index contributed by atoms with van der Waals surface area (Å²) >= 11 is 1.33. The normalized spacial score (nSPS) is 33.7. The van der Waals surface area contributed by atoms with E-state index in [1.165, 1.54) is 31.0 Å². The third-order valence-electron chi connectivity index (χ3n) is 6.22. The highest BCUT2D eigenvalue weighted by Gasteiger charge is 2.46. The van der Waals surface area contributed by atoms with Crippen LogP contribution in [-0.2, 0) is 16.6 Å². The van der Waals surface area contributed by atoms with Crippen molar-refractivity contribution in [2.24, 2.45) is 24.8 Å². The van der Waals surface area contributed by atoms with E-state index in [0.29, 0.717) is 22.7 Å². The number of piperidine rings is 1. The van der Waals surface area contributed by atoms with E-state index in [2.05, 4.69) is 26.2 Å². The van der Waals surface area contributed by atoms with Crippen molar-refractivity contribution in [3.05, 3.63) is 0 Å². The largest absolute Gasteiger partial charge is 0.353 e. The summed E-state index contributed by atoms with van der Waals surface area (Å²) in [6, 6.07) is 0.360. The minimum absolute atomic E-state index is 0.000807. The van der Waals surface area contributed by atoms with Gasteiger partial charge in [-0.05, 0) is 54.4 Å². The van der Waals surface area contributed by atoms with Gasteiger partial charge in [0, 0.05) is 25.0 Å². The Bertz CT molecular complexity index is 680. The molecule has 2 amide bonds. The quantitative estimate of drug-likeness (QED) is 0.755. The van der Waals surface area contributed by atoms with Crippen LogP contribution in [0.4, 0.5) is 0 Å². The average molecular weight is 379 g/mol. The fourth-order valence-electron chi connectivity index (χ4n) is 5.03. The maximum absolute atomic E-state index is 12.5. The first kappa shape index (κ1) is 17.8. The average Bonchev–Trinajstić information content (AvgIpc) is 3.05. The van der Waals surface area contributed by atoms with Crippen LogP contribution >= 0.6 is 11.8 Å². The van der Waals surface area contributed by atoms with Gasteiger partial charge in [-0.1, -0.05) is 24.6 Å². The molecule has 1 aliphatic heterocycles. The molecule has 4 rings (SSSR count). The molecule has 0 radical (unpaired) electrons. The highest BCUT2D eigenvalue weighted by atomic mass is 32.2. The molecule has 3 aliphatic rings. The number of rotatable bonds is 4. The van der Waals surface area contributed by atoms with Gasteiger partial charge in [-0.3, -0.25) is 9.59 Å². The number of aryl methyl sites for hydroxylation is 1. The van der Waals surface area contributed by atoms with Crippen LogP contribution in [-0.4, -0.2) is 49.9 Å². The number of hydrogen-bond acceptors (Lipinski definition) is 6. The van der Waals surface area contributed by atoms with E-state index in [1.54, 1.807) is 11.7 Å². The predicted octanol–water partition coefficient (Wildman–Crippen LogP) is 0.892. The van der Waals surface area contributed by atoms with Gasteiger partial charge in [-0.15, -0.1) is 5.10 Å². The molecule has 142 valence electrons. The molecule has 2 heterocycles. The predicted molar refractivity (Wildman–Crippen MR) is 96.2 cm³/mol. The van der Waals surface area contributed by atoms with Gasteiger partial charge in [-0.25, -0.2) is 4.68 Å². The fourth-order valence-corrected chi connectivity index (χ4v) is 5.69. The Morgan fingerprint density at radius 3 is 2.92 bits per heavy atom. The smallest absolute Gasteiger partial charge is 0.230 e. The Morgan fingerprint density at radius 2 is 2.12 bits per heavy atom. The molecule has 2 N–H and O–H groups in total. The van der Waals surface area contributed by atoms with Crippen LogP contribution in [0.15, 0.2) is 5.16 Å². The molecule has 2 aliphatic carbocycles. The van der Waals surface area contributed by atoms with Crippen LogP contribution in [0.25, 0.3) is 0 Å². The van der Waals surface area contributed by atoms with Gasteiger partial charge in [0.15, 0.2) is 0 Å². The van der Waals surface area contributed by atoms with Crippen molar-refractivity contribution in [3.63, 3.8) is 0 Å². The van der Waals surface area contributed by atoms with Crippen molar-refractivity contribution < 1.29 is 9.59 Å². The maximum atomic E-state index is 12.5. The zero-order chi connectivity index (χ0) is 18.1. The molecule has 8 nitrogen and oxygen atoms in total. The number of amides is 2. The molecule has 1 aromatic rings. The second-order valence-electron chi connectivity index (χ2n) is 7.78. The number of nitrogens with one attached hydrogen (secondary N) is 2. The molecule has 1 saturated heterocycles. The minimum Gasteiger partial charge on any atom is -0.353 e. The van der Waals surface area contributed by atoms with E-state index in [-0.39, 0.29) is 29.8 Å². The lowest BCUT2D eigenvalue weighted by Gasteiger charge is -2.49. The second-order valence-corrected chi connectivity index (χ2v) is 8.73. The van der Waals surface area contributed by atoms with E-state index in [4.69, 9.17) is 0 Å². The summed E-state index contributed by atoms with van der Waals surface area (Å²) in [7, 11) is 1.76. The number of aromatic nitrogens is 4. The van der Waals surface area contributed by atoms with Crippen LogP contribution in [0.5, 0.6) is 0 Å². The van der Waals surface area contributed by atoms with Crippen molar-refractivity contribution in [2.45, 2.75) is 62.2 Å². The molecule has 9 heteroatoms. The number of tetrazole rings is 1. The third kappa shape index (κ3) is 3.58. The Balaban J connectivity index is 1.30. The van der Waals surface area contributed by atoms with Crippen LogP contribution in [0, 0.1) is 17.8 Å². The topological polar surface area (TPSA) is 102 Å². The summed E-state index contributed by atoms with van der Waals surface area (Å²) in [5.41, 5.74) is 0. The van der Waals surface area contributed by atoms with Gasteiger partial charge < -0.3 is 10.6 Å². The Hall–Kier alpha value is -1.64. The van der Waals surface area contributed by atoms with Crippen LogP contribution < -0.4 is 10.6 Å². The van der Waals surface area contributed by atoms with Gasteiger partial charge in [-0.2, -0.15) is 0 Å². The summed E-state index contributed by atoms with van der Waals surface area (Å²) in [4.78, 5) is 24.7. The van der Waals surface area contributed by atoms with Crippen molar-refractivity contribution in [1.82, 2.24) is 30.8 Å². The lowest BCUT2D eigenvalue weighted by Crippen LogP contribution is -2.59. The van der Waals surface area contributed by atoms with Gasteiger partial charge in [0.1, 0.15) is 0 Å². The SMILES string of the molecule is Cn1nnnc1SCC(=O)NC1CCC2C(C1)NC(=O)C1CCCCC12. The van der Waals surface area contributed by atoms with E-state index in [9.17, 15) is 9.59 Å². The molecule has 1 aromatic heterocycles. The van der Waals surface area contributed by atoms with Crippen molar-refractivity contribution in [2.75, 3.05) is 5.75 Å². The fraction of sp³-hybridized carbons (Fsp3) is 0.824. The van der Waals surface area contributed by atoms with Crippen molar-refractivity contribution >= 4 is 23.6 Å².